The highest BCUT2D eigenvalue weighted by atomic mass is 15.0. The molecule has 0 fully saturated rings. The molecule has 0 aromatic heterocycles. The highest BCUT2D eigenvalue weighted by Crippen LogP contribution is 2.45. The van der Waals surface area contributed by atoms with E-state index in [-0.39, 0.29) is 10.8 Å². The lowest BCUT2D eigenvalue weighted by atomic mass is 9.70. The van der Waals surface area contributed by atoms with E-state index in [1.165, 1.54) is 11.3 Å². The van der Waals surface area contributed by atoms with Gasteiger partial charge in [0.25, 0.3) is 0 Å². The van der Waals surface area contributed by atoms with Gasteiger partial charge in [-0.15, -0.1) is 0 Å². The average Bonchev–Trinajstić information content (AvgIpc) is 2.59. The summed E-state index contributed by atoms with van der Waals surface area (Å²) in [7, 11) is 0. The van der Waals surface area contributed by atoms with E-state index in [2.05, 4.69) is 65.3 Å². The molecule has 2 aliphatic heterocycles. The van der Waals surface area contributed by atoms with Crippen LogP contribution in [0.1, 0.15) is 41.5 Å². The Kier molecular flexibility index (Phi) is 2.72. The molecular formula is C15H24N2. The summed E-state index contributed by atoms with van der Waals surface area (Å²) < 4.78 is 0. The zero-order valence-corrected chi connectivity index (χ0v) is 11.8. The summed E-state index contributed by atoms with van der Waals surface area (Å²) in [6.07, 6.45) is 6.42. The van der Waals surface area contributed by atoms with Gasteiger partial charge in [0.1, 0.15) is 0 Å². The Labute approximate surface area is 105 Å². The molecule has 0 amide bonds. The van der Waals surface area contributed by atoms with Gasteiger partial charge < -0.3 is 5.32 Å². The maximum absolute atomic E-state index is 4.74. The second kappa shape index (κ2) is 3.72. The molecule has 2 atom stereocenters. The smallest absolute Gasteiger partial charge is 0.0711 e. The Morgan fingerprint density at radius 2 is 1.71 bits per heavy atom. The monoisotopic (exact) mass is 232 g/mol. The maximum atomic E-state index is 4.74. The van der Waals surface area contributed by atoms with E-state index >= 15 is 0 Å². The molecule has 2 heterocycles. The Bertz CT molecular complexity index is 400. The van der Waals surface area contributed by atoms with Gasteiger partial charge in [-0.05, 0) is 17.2 Å². The van der Waals surface area contributed by atoms with Gasteiger partial charge in [0.15, 0.2) is 0 Å². The molecule has 0 saturated heterocycles. The fourth-order valence-electron chi connectivity index (χ4n) is 2.74. The van der Waals surface area contributed by atoms with Gasteiger partial charge >= 0.3 is 0 Å². The van der Waals surface area contributed by atoms with Gasteiger partial charge in [-0.25, -0.2) is 0 Å². The quantitative estimate of drug-likeness (QED) is 0.679. The molecule has 0 spiro atoms. The molecule has 2 unspecified atom stereocenters. The van der Waals surface area contributed by atoms with Crippen LogP contribution in [0.4, 0.5) is 0 Å². The third-order valence-electron chi connectivity index (χ3n) is 3.45. The minimum absolute atomic E-state index is 0.112. The number of fused-ring (bicyclic) bond motifs is 1. The topological polar surface area (TPSA) is 24.4 Å². The van der Waals surface area contributed by atoms with E-state index in [1.807, 2.05) is 0 Å². The van der Waals surface area contributed by atoms with Gasteiger partial charge in [-0.1, -0.05) is 47.6 Å². The molecule has 0 radical (unpaired) electrons. The Hall–Kier alpha value is -1.05. The van der Waals surface area contributed by atoms with Gasteiger partial charge in [0, 0.05) is 23.2 Å². The van der Waals surface area contributed by atoms with Crippen LogP contribution in [0.2, 0.25) is 0 Å². The molecule has 2 nitrogen and oxygen atoms in total. The van der Waals surface area contributed by atoms with Crippen molar-refractivity contribution in [2.45, 2.75) is 47.6 Å². The largest absolute Gasteiger partial charge is 0.382 e. The minimum atomic E-state index is 0.112. The standard InChI is InChI=1S/C15H24N2/c1-14(2,3)12-10-7-8-16-11(10)9-17-13(12)15(4,5)6/h7-11,16H,1-6H3. The first-order valence-corrected chi connectivity index (χ1v) is 6.43. The van der Waals surface area contributed by atoms with Crippen LogP contribution in [0, 0.1) is 16.7 Å². The average molecular weight is 232 g/mol. The van der Waals surface area contributed by atoms with Crippen LogP contribution in [0.25, 0.3) is 0 Å². The van der Waals surface area contributed by atoms with Crippen molar-refractivity contribution >= 4 is 6.21 Å². The molecule has 17 heavy (non-hydrogen) atoms. The van der Waals surface area contributed by atoms with E-state index in [1.54, 1.807) is 0 Å². The molecule has 2 heteroatoms. The summed E-state index contributed by atoms with van der Waals surface area (Å²) in [5.41, 5.74) is 3.03. The van der Waals surface area contributed by atoms with Crippen LogP contribution in [0.3, 0.4) is 0 Å². The summed E-state index contributed by atoms with van der Waals surface area (Å²) in [4.78, 5) is 4.74. The van der Waals surface area contributed by atoms with E-state index < -0.39 is 0 Å². The van der Waals surface area contributed by atoms with Crippen molar-refractivity contribution in [3.63, 3.8) is 0 Å². The lowest BCUT2D eigenvalue weighted by Crippen LogP contribution is -2.37. The first-order valence-electron chi connectivity index (χ1n) is 6.43. The molecule has 0 aromatic carbocycles. The predicted molar refractivity (Wildman–Crippen MR) is 74.0 cm³/mol. The predicted octanol–water partition coefficient (Wildman–Crippen LogP) is 3.52. The number of nitrogens with zero attached hydrogens (tertiary/aromatic N) is 1. The zero-order valence-electron chi connectivity index (χ0n) is 11.8. The molecule has 0 bridgehead atoms. The summed E-state index contributed by atoms with van der Waals surface area (Å²) >= 11 is 0. The van der Waals surface area contributed by atoms with Crippen molar-refractivity contribution in [1.82, 2.24) is 5.32 Å². The lowest BCUT2D eigenvalue weighted by molar-refractivity contribution is 0.392. The highest BCUT2D eigenvalue weighted by molar-refractivity contribution is 5.72. The number of aliphatic imine (C=N–C) groups is 1. The number of nitrogens with one attached hydrogen (secondary N) is 1. The number of allylic oxidation sites excluding steroid dienone is 1. The molecule has 0 aromatic rings. The fraction of sp³-hybridized carbons (Fsp3) is 0.667. The van der Waals surface area contributed by atoms with Crippen LogP contribution < -0.4 is 5.32 Å². The van der Waals surface area contributed by atoms with E-state index in [4.69, 9.17) is 4.99 Å². The van der Waals surface area contributed by atoms with Crippen LogP contribution in [0.5, 0.6) is 0 Å². The van der Waals surface area contributed by atoms with E-state index in [9.17, 15) is 0 Å². The van der Waals surface area contributed by atoms with Gasteiger partial charge in [0.2, 0.25) is 0 Å². The third kappa shape index (κ3) is 2.18. The zero-order chi connectivity index (χ0) is 12.8. The van der Waals surface area contributed by atoms with Crippen molar-refractivity contribution in [3.8, 4) is 0 Å². The molecular weight excluding hydrogens is 208 g/mol. The minimum Gasteiger partial charge on any atom is -0.382 e. The summed E-state index contributed by atoms with van der Waals surface area (Å²) in [5.74, 6) is 0.474. The van der Waals surface area contributed by atoms with Crippen molar-refractivity contribution < 1.29 is 0 Å². The van der Waals surface area contributed by atoms with Crippen LogP contribution in [0.15, 0.2) is 28.5 Å². The molecule has 2 aliphatic rings. The SMILES string of the molecule is CC(C)(C)C1=C(C(C)(C)C)C2C=CNC2C=N1. The second-order valence-corrected chi connectivity index (χ2v) is 7.12. The van der Waals surface area contributed by atoms with Gasteiger partial charge in [-0.2, -0.15) is 0 Å². The number of hydrogen-bond donors (Lipinski definition) is 1. The normalized spacial score (nSPS) is 28.4. The fourth-order valence-corrected chi connectivity index (χ4v) is 2.74. The van der Waals surface area contributed by atoms with Crippen LogP contribution >= 0.6 is 0 Å². The number of rotatable bonds is 0. The maximum Gasteiger partial charge on any atom is 0.0711 e. The molecule has 0 saturated carbocycles. The molecule has 0 aliphatic carbocycles. The van der Waals surface area contributed by atoms with Crippen molar-refractivity contribution in [2.24, 2.45) is 21.7 Å². The van der Waals surface area contributed by atoms with Gasteiger partial charge in [0.05, 0.1) is 6.04 Å². The summed E-state index contributed by atoms with van der Waals surface area (Å²) in [5, 5.41) is 3.37. The Morgan fingerprint density at radius 1 is 1.06 bits per heavy atom. The Balaban J connectivity index is 2.56. The van der Waals surface area contributed by atoms with Crippen molar-refractivity contribution in [2.75, 3.05) is 0 Å². The van der Waals surface area contributed by atoms with Crippen molar-refractivity contribution in [1.29, 1.82) is 0 Å². The molecule has 1 N–H and O–H groups in total. The molecule has 2 rings (SSSR count). The van der Waals surface area contributed by atoms with Crippen molar-refractivity contribution in [3.05, 3.63) is 23.5 Å². The van der Waals surface area contributed by atoms with E-state index in [0.29, 0.717) is 12.0 Å². The van der Waals surface area contributed by atoms with Crippen LogP contribution in [-0.2, 0) is 0 Å². The lowest BCUT2D eigenvalue weighted by Gasteiger charge is -2.38. The van der Waals surface area contributed by atoms with Crippen LogP contribution in [-0.4, -0.2) is 12.3 Å². The Morgan fingerprint density at radius 3 is 2.24 bits per heavy atom. The third-order valence-corrected chi connectivity index (χ3v) is 3.45. The van der Waals surface area contributed by atoms with Gasteiger partial charge in [-0.3, -0.25) is 4.99 Å². The highest BCUT2D eigenvalue weighted by Gasteiger charge is 2.38. The first-order chi connectivity index (χ1) is 7.71. The number of hydrogen-bond acceptors (Lipinski definition) is 2. The first kappa shape index (κ1) is 12.4. The molecule has 94 valence electrons. The van der Waals surface area contributed by atoms with E-state index in [0.717, 1.165) is 0 Å². The summed E-state index contributed by atoms with van der Waals surface area (Å²) in [6.45, 7) is 13.6. The second-order valence-electron chi connectivity index (χ2n) is 7.12. The summed E-state index contributed by atoms with van der Waals surface area (Å²) in [6, 6.07) is 0.357.